The molecule has 1 nitrogen and oxygen atoms in total. The van der Waals surface area contributed by atoms with Crippen LogP contribution in [-0.4, -0.2) is 4.98 Å². The molecule has 15 heavy (non-hydrogen) atoms. The van der Waals surface area contributed by atoms with Gasteiger partial charge in [0.25, 0.3) is 0 Å². The normalized spacial score (nSPS) is 12.9. The number of rotatable bonds is 4. The Morgan fingerprint density at radius 1 is 0.800 bits per heavy atom. The first kappa shape index (κ1) is 11.3. The van der Waals surface area contributed by atoms with E-state index in [1.807, 2.05) is 62.7 Å². The van der Waals surface area contributed by atoms with Crippen LogP contribution in [-0.2, 0) is 0 Å². The van der Waals surface area contributed by atoms with Crippen molar-refractivity contribution in [3.63, 3.8) is 0 Å². The quantitative estimate of drug-likeness (QED) is 0.700. The van der Waals surface area contributed by atoms with Crippen molar-refractivity contribution in [1.29, 1.82) is 0 Å². The Hall–Kier alpha value is -1.76. The summed E-state index contributed by atoms with van der Waals surface area (Å²) in [6, 6.07) is 0. The number of aromatic amines is 1. The first-order chi connectivity index (χ1) is 7.38. The fourth-order valence-corrected chi connectivity index (χ4v) is 1.22. The average Bonchev–Trinajstić information content (AvgIpc) is 2.67. The topological polar surface area (TPSA) is 15.8 Å². The predicted octanol–water partition coefficient (Wildman–Crippen LogP) is 4.19. The molecule has 1 N–H and O–H groups in total. The lowest BCUT2D eigenvalue weighted by Gasteiger charge is -1.89. The maximum atomic E-state index is 3.10. The lowest BCUT2D eigenvalue weighted by atomic mass is 10.1. The number of hydrogen-bond donors (Lipinski definition) is 1. The molecule has 78 valence electrons. The van der Waals surface area contributed by atoms with Gasteiger partial charge in [0.15, 0.2) is 0 Å². The molecule has 0 aromatic carbocycles. The highest BCUT2D eigenvalue weighted by Crippen LogP contribution is 2.12. The van der Waals surface area contributed by atoms with Gasteiger partial charge < -0.3 is 4.98 Å². The number of nitrogens with one attached hydrogen (secondary N) is 1. The second-order valence-electron chi connectivity index (χ2n) is 3.14. The van der Waals surface area contributed by atoms with E-state index in [9.17, 15) is 0 Å². The molecule has 1 aromatic heterocycles. The molecule has 0 radical (unpaired) electrons. The van der Waals surface area contributed by atoms with Crippen LogP contribution in [0.15, 0.2) is 48.8 Å². The van der Waals surface area contributed by atoms with E-state index >= 15 is 0 Å². The summed E-state index contributed by atoms with van der Waals surface area (Å²) in [6.45, 7) is 4.02. The summed E-state index contributed by atoms with van der Waals surface area (Å²) in [4.78, 5) is 3.10. The van der Waals surface area contributed by atoms with Crippen LogP contribution in [0.4, 0.5) is 0 Å². The van der Waals surface area contributed by atoms with E-state index in [4.69, 9.17) is 0 Å². The number of aromatic nitrogens is 1. The van der Waals surface area contributed by atoms with Gasteiger partial charge in [0, 0.05) is 12.4 Å². The van der Waals surface area contributed by atoms with E-state index in [0.717, 1.165) is 0 Å². The molecule has 1 rings (SSSR count). The van der Waals surface area contributed by atoms with Crippen molar-refractivity contribution < 1.29 is 0 Å². The summed E-state index contributed by atoms with van der Waals surface area (Å²) >= 11 is 0. The zero-order valence-corrected chi connectivity index (χ0v) is 9.27. The zero-order chi connectivity index (χ0) is 10.9. The standard InChI is InChI=1S/C14H17N/c1-3-5-7-9-13-11-15-12-14(13)10-8-6-4-2/h3-12,15H,1-2H3/b5-3-,6-4-,9-7-,10-8-. The molecule has 0 saturated carbocycles. The highest BCUT2D eigenvalue weighted by atomic mass is 14.6. The molecule has 0 aliphatic heterocycles. The first-order valence-electron chi connectivity index (χ1n) is 5.14. The van der Waals surface area contributed by atoms with Crippen LogP contribution < -0.4 is 0 Å². The largest absolute Gasteiger partial charge is 0.366 e. The lowest BCUT2D eigenvalue weighted by Crippen LogP contribution is -1.69. The highest BCUT2D eigenvalue weighted by Gasteiger charge is 1.94. The van der Waals surface area contributed by atoms with Gasteiger partial charge in [-0.25, -0.2) is 0 Å². The molecule has 1 heterocycles. The summed E-state index contributed by atoms with van der Waals surface area (Å²) in [6.07, 6.45) is 20.3. The first-order valence-corrected chi connectivity index (χ1v) is 5.14. The van der Waals surface area contributed by atoms with Gasteiger partial charge in [-0.3, -0.25) is 0 Å². The summed E-state index contributed by atoms with van der Waals surface area (Å²) < 4.78 is 0. The monoisotopic (exact) mass is 199 g/mol. The second-order valence-corrected chi connectivity index (χ2v) is 3.14. The molecule has 0 saturated heterocycles. The van der Waals surface area contributed by atoms with Crippen LogP contribution in [0.1, 0.15) is 25.0 Å². The lowest BCUT2D eigenvalue weighted by molar-refractivity contribution is 1.41. The van der Waals surface area contributed by atoms with Crippen molar-refractivity contribution in [2.24, 2.45) is 0 Å². The van der Waals surface area contributed by atoms with E-state index in [1.54, 1.807) is 0 Å². The Morgan fingerprint density at radius 3 is 1.67 bits per heavy atom. The molecule has 0 spiro atoms. The van der Waals surface area contributed by atoms with Gasteiger partial charge in [-0.05, 0) is 25.0 Å². The predicted molar refractivity (Wildman–Crippen MR) is 68.5 cm³/mol. The van der Waals surface area contributed by atoms with Crippen LogP contribution in [0.5, 0.6) is 0 Å². The van der Waals surface area contributed by atoms with Gasteiger partial charge in [0.1, 0.15) is 0 Å². The SMILES string of the molecule is C/C=C\C=C/c1c[nH]cc1/C=C\C=C/C. The molecule has 0 aliphatic rings. The van der Waals surface area contributed by atoms with E-state index < -0.39 is 0 Å². The minimum Gasteiger partial charge on any atom is -0.366 e. The van der Waals surface area contributed by atoms with Gasteiger partial charge in [0.2, 0.25) is 0 Å². The summed E-state index contributed by atoms with van der Waals surface area (Å²) in [5.74, 6) is 0. The number of allylic oxidation sites excluding steroid dienone is 6. The van der Waals surface area contributed by atoms with E-state index in [-0.39, 0.29) is 0 Å². The third kappa shape index (κ3) is 3.86. The number of H-pyrrole nitrogens is 1. The Balaban J connectivity index is 2.77. The Bertz CT molecular complexity index is 353. The van der Waals surface area contributed by atoms with Gasteiger partial charge in [-0.1, -0.05) is 48.6 Å². The summed E-state index contributed by atoms with van der Waals surface area (Å²) in [5.41, 5.74) is 2.41. The van der Waals surface area contributed by atoms with Gasteiger partial charge in [-0.15, -0.1) is 0 Å². The van der Waals surface area contributed by atoms with E-state index in [0.29, 0.717) is 0 Å². The maximum absolute atomic E-state index is 3.10. The molecule has 0 atom stereocenters. The molecule has 1 heteroatoms. The van der Waals surface area contributed by atoms with Crippen LogP contribution >= 0.6 is 0 Å². The minimum atomic E-state index is 1.20. The molecule has 0 bridgehead atoms. The molecular formula is C14H17N. The van der Waals surface area contributed by atoms with Crippen LogP contribution in [0.3, 0.4) is 0 Å². The van der Waals surface area contributed by atoms with Crippen molar-refractivity contribution in [2.45, 2.75) is 13.8 Å². The fourth-order valence-electron chi connectivity index (χ4n) is 1.22. The summed E-state index contributed by atoms with van der Waals surface area (Å²) in [7, 11) is 0. The molecular weight excluding hydrogens is 182 g/mol. The third-order valence-electron chi connectivity index (χ3n) is 1.97. The second kappa shape index (κ2) is 6.66. The van der Waals surface area contributed by atoms with Crippen molar-refractivity contribution in [3.8, 4) is 0 Å². The highest BCUT2D eigenvalue weighted by molar-refractivity contribution is 5.65. The molecule has 0 amide bonds. The van der Waals surface area contributed by atoms with Gasteiger partial charge in [0.05, 0.1) is 0 Å². The van der Waals surface area contributed by atoms with Crippen LogP contribution in [0.2, 0.25) is 0 Å². The number of hydrogen-bond acceptors (Lipinski definition) is 0. The third-order valence-corrected chi connectivity index (χ3v) is 1.97. The minimum absolute atomic E-state index is 1.20. The average molecular weight is 199 g/mol. The Labute approximate surface area is 91.5 Å². The van der Waals surface area contributed by atoms with E-state index in [1.165, 1.54) is 11.1 Å². The fraction of sp³-hybridized carbons (Fsp3) is 0.143. The molecule has 0 unspecified atom stereocenters. The van der Waals surface area contributed by atoms with Crippen molar-refractivity contribution >= 4 is 12.2 Å². The van der Waals surface area contributed by atoms with Crippen LogP contribution in [0, 0.1) is 0 Å². The van der Waals surface area contributed by atoms with Crippen molar-refractivity contribution in [1.82, 2.24) is 4.98 Å². The van der Waals surface area contributed by atoms with E-state index in [2.05, 4.69) is 17.1 Å². The molecule has 0 aliphatic carbocycles. The van der Waals surface area contributed by atoms with Crippen LogP contribution in [0.25, 0.3) is 12.2 Å². The van der Waals surface area contributed by atoms with Gasteiger partial charge >= 0.3 is 0 Å². The molecule has 1 aromatic rings. The smallest absolute Gasteiger partial charge is 0.00843 e. The molecule has 0 fully saturated rings. The Kier molecular flexibility index (Phi) is 5.02. The van der Waals surface area contributed by atoms with Crippen molar-refractivity contribution in [2.75, 3.05) is 0 Å². The van der Waals surface area contributed by atoms with Gasteiger partial charge in [-0.2, -0.15) is 0 Å². The van der Waals surface area contributed by atoms with Crippen molar-refractivity contribution in [3.05, 3.63) is 60.0 Å². The summed E-state index contributed by atoms with van der Waals surface area (Å²) in [5, 5.41) is 0. The maximum Gasteiger partial charge on any atom is 0.00843 e. The zero-order valence-electron chi connectivity index (χ0n) is 9.27. The Morgan fingerprint density at radius 2 is 1.27 bits per heavy atom.